The van der Waals surface area contributed by atoms with Gasteiger partial charge in [-0.25, -0.2) is 4.39 Å². The zero-order valence-corrected chi connectivity index (χ0v) is 10.4. The van der Waals surface area contributed by atoms with Gasteiger partial charge in [-0.2, -0.15) is 5.26 Å². The second kappa shape index (κ2) is 5.07. The molecule has 0 aliphatic heterocycles. The Labute approximate surface area is 110 Å². The molecule has 2 aromatic rings. The minimum Gasteiger partial charge on any atom is -0.352 e. The maximum Gasteiger partial charge on any atom is 0.146 e. The quantitative estimate of drug-likeness (QED) is 0.869. The molecule has 0 spiro atoms. The highest BCUT2D eigenvalue weighted by atomic mass is 35.5. The maximum atomic E-state index is 13.6. The molecule has 0 bridgehead atoms. The van der Waals surface area contributed by atoms with Crippen LogP contribution in [0.1, 0.15) is 11.1 Å². The summed E-state index contributed by atoms with van der Waals surface area (Å²) in [6, 6.07) is 11.6. The smallest absolute Gasteiger partial charge is 0.146 e. The first-order valence-electron chi connectivity index (χ1n) is 5.33. The van der Waals surface area contributed by atoms with E-state index in [1.54, 1.807) is 12.1 Å². The Bertz CT molecular complexity index is 632. The van der Waals surface area contributed by atoms with Crippen molar-refractivity contribution in [2.24, 2.45) is 0 Å². The van der Waals surface area contributed by atoms with E-state index in [4.69, 9.17) is 16.9 Å². The van der Waals surface area contributed by atoms with Gasteiger partial charge in [0.25, 0.3) is 0 Å². The summed E-state index contributed by atoms with van der Waals surface area (Å²) in [6.45, 7) is 1.90. The minimum absolute atomic E-state index is 0.254. The largest absolute Gasteiger partial charge is 0.352 e. The van der Waals surface area contributed by atoms with Gasteiger partial charge in [0, 0.05) is 5.02 Å². The predicted octanol–water partition coefficient (Wildman–Crippen LogP) is 4.40. The summed E-state index contributed by atoms with van der Waals surface area (Å²) in [5, 5.41) is 12.3. The monoisotopic (exact) mass is 260 g/mol. The predicted molar refractivity (Wildman–Crippen MR) is 70.6 cm³/mol. The molecule has 2 rings (SSSR count). The molecule has 2 aromatic carbocycles. The van der Waals surface area contributed by atoms with E-state index in [1.807, 2.05) is 13.0 Å². The Morgan fingerprint density at radius 2 is 1.94 bits per heavy atom. The van der Waals surface area contributed by atoms with Crippen molar-refractivity contribution < 1.29 is 4.39 Å². The summed E-state index contributed by atoms with van der Waals surface area (Å²) in [6.07, 6.45) is 0. The lowest BCUT2D eigenvalue weighted by Crippen LogP contribution is -1.97. The van der Waals surface area contributed by atoms with Gasteiger partial charge in [-0.15, -0.1) is 0 Å². The number of nitrogens with zero attached hydrogens (tertiary/aromatic N) is 1. The number of benzene rings is 2. The fraction of sp³-hybridized carbons (Fsp3) is 0.0714. The Balaban J connectivity index is 2.43. The first kappa shape index (κ1) is 12.4. The summed E-state index contributed by atoms with van der Waals surface area (Å²) in [5.41, 5.74) is 2.27. The van der Waals surface area contributed by atoms with Crippen LogP contribution in [0.3, 0.4) is 0 Å². The number of hydrogen-bond donors (Lipinski definition) is 1. The fourth-order valence-corrected chi connectivity index (χ4v) is 1.77. The molecule has 0 radical (unpaired) electrons. The van der Waals surface area contributed by atoms with Gasteiger partial charge in [-0.3, -0.25) is 0 Å². The molecule has 0 aliphatic carbocycles. The van der Waals surface area contributed by atoms with Crippen LogP contribution in [-0.4, -0.2) is 0 Å². The molecule has 0 fully saturated rings. The fourth-order valence-electron chi connectivity index (χ4n) is 1.60. The van der Waals surface area contributed by atoms with Crippen molar-refractivity contribution in [2.45, 2.75) is 6.92 Å². The molecule has 4 heteroatoms. The first-order valence-corrected chi connectivity index (χ1v) is 5.71. The molecular weight excluding hydrogens is 251 g/mol. The number of anilines is 2. The molecule has 0 amide bonds. The van der Waals surface area contributed by atoms with Crippen molar-refractivity contribution in [1.82, 2.24) is 0 Å². The van der Waals surface area contributed by atoms with Crippen LogP contribution in [0.25, 0.3) is 0 Å². The third-order valence-corrected chi connectivity index (χ3v) is 2.73. The molecular formula is C14H10ClFN2. The third kappa shape index (κ3) is 2.61. The molecule has 0 atom stereocenters. The molecule has 0 saturated heterocycles. The van der Waals surface area contributed by atoms with E-state index in [2.05, 4.69) is 11.4 Å². The molecule has 90 valence electrons. The standard InChI is InChI=1S/C14H10ClFN2/c1-9-2-3-10(8-17)13(6-9)18-14-7-11(15)4-5-12(14)16/h2-7,18H,1H3. The van der Waals surface area contributed by atoms with Crippen LogP contribution in [0.2, 0.25) is 5.02 Å². The second-order valence-corrected chi connectivity index (χ2v) is 4.35. The van der Waals surface area contributed by atoms with E-state index in [-0.39, 0.29) is 5.69 Å². The van der Waals surface area contributed by atoms with Crippen molar-refractivity contribution >= 4 is 23.0 Å². The van der Waals surface area contributed by atoms with Crippen LogP contribution in [0, 0.1) is 24.1 Å². The molecule has 18 heavy (non-hydrogen) atoms. The highest BCUT2D eigenvalue weighted by molar-refractivity contribution is 6.30. The van der Waals surface area contributed by atoms with E-state index < -0.39 is 5.82 Å². The van der Waals surface area contributed by atoms with E-state index in [0.717, 1.165) is 5.56 Å². The zero-order valence-electron chi connectivity index (χ0n) is 9.67. The van der Waals surface area contributed by atoms with Gasteiger partial charge in [-0.05, 0) is 42.8 Å². The third-order valence-electron chi connectivity index (χ3n) is 2.49. The molecule has 0 saturated carbocycles. The lowest BCUT2D eigenvalue weighted by atomic mass is 10.1. The average molecular weight is 261 g/mol. The summed E-state index contributed by atoms with van der Waals surface area (Å²) < 4.78 is 13.6. The number of rotatable bonds is 2. The minimum atomic E-state index is -0.412. The lowest BCUT2D eigenvalue weighted by Gasteiger charge is -2.10. The lowest BCUT2D eigenvalue weighted by molar-refractivity contribution is 0.632. The van der Waals surface area contributed by atoms with Gasteiger partial charge in [0.1, 0.15) is 11.9 Å². The topological polar surface area (TPSA) is 35.8 Å². The van der Waals surface area contributed by atoms with Crippen LogP contribution in [0.4, 0.5) is 15.8 Å². The molecule has 0 heterocycles. The number of halogens is 2. The zero-order chi connectivity index (χ0) is 13.1. The number of nitriles is 1. The van der Waals surface area contributed by atoms with Crippen molar-refractivity contribution in [3.8, 4) is 6.07 Å². The molecule has 0 aliphatic rings. The highest BCUT2D eigenvalue weighted by Crippen LogP contribution is 2.26. The van der Waals surface area contributed by atoms with E-state index in [0.29, 0.717) is 16.3 Å². The molecule has 0 unspecified atom stereocenters. The summed E-state index contributed by atoms with van der Waals surface area (Å²) in [4.78, 5) is 0. The average Bonchev–Trinajstić information content (AvgIpc) is 2.34. The number of aryl methyl sites for hydroxylation is 1. The van der Waals surface area contributed by atoms with Gasteiger partial charge in [0.15, 0.2) is 0 Å². The summed E-state index contributed by atoms with van der Waals surface area (Å²) >= 11 is 5.82. The molecule has 0 aromatic heterocycles. The van der Waals surface area contributed by atoms with Gasteiger partial charge in [0.2, 0.25) is 0 Å². The second-order valence-electron chi connectivity index (χ2n) is 3.91. The van der Waals surface area contributed by atoms with Crippen LogP contribution >= 0.6 is 11.6 Å². The van der Waals surface area contributed by atoms with Gasteiger partial charge in [-0.1, -0.05) is 17.7 Å². The molecule has 2 nitrogen and oxygen atoms in total. The number of hydrogen-bond acceptors (Lipinski definition) is 2. The normalized spacial score (nSPS) is 9.89. The summed E-state index contributed by atoms with van der Waals surface area (Å²) in [7, 11) is 0. The van der Waals surface area contributed by atoms with Crippen LogP contribution in [0.15, 0.2) is 36.4 Å². The highest BCUT2D eigenvalue weighted by Gasteiger charge is 2.07. The van der Waals surface area contributed by atoms with Crippen molar-refractivity contribution in [2.75, 3.05) is 5.32 Å². The van der Waals surface area contributed by atoms with Crippen LogP contribution in [-0.2, 0) is 0 Å². The van der Waals surface area contributed by atoms with Crippen LogP contribution in [0.5, 0.6) is 0 Å². The Kier molecular flexibility index (Phi) is 3.50. The summed E-state index contributed by atoms with van der Waals surface area (Å²) in [5.74, 6) is -0.412. The van der Waals surface area contributed by atoms with E-state index in [1.165, 1.54) is 18.2 Å². The SMILES string of the molecule is Cc1ccc(C#N)c(Nc2cc(Cl)ccc2F)c1. The van der Waals surface area contributed by atoms with Crippen LogP contribution < -0.4 is 5.32 Å². The van der Waals surface area contributed by atoms with Gasteiger partial charge < -0.3 is 5.32 Å². The Morgan fingerprint density at radius 1 is 1.17 bits per heavy atom. The maximum absolute atomic E-state index is 13.6. The van der Waals surface area contributed by atoms with Crippen molar-refractivity contribution in [1.29, 1.82) is 5.26 Å². The van der Waals surface area contributed by atoms with Crippen molar-refractivity contribution in [3.63, 3.8) is 0 Å². The Morgan fingerprint density at radius 3 is 2.67 bits per heavy atom. The van der Waals surface area contributed by atoms with E-state index >= 15 is 0 Å². The first-order chi connectivity index (χ1) is 8.60. The Hall–Kier alpha value is -2.05. The van der Waals surface area contributed by atoms with Gasteiger partial charge in [0.05, 0.1) is 16.9 Å². The number of nitrogens with one attached hydrogen (secondary N) is 1. The van der Waals surface area contributed by atoms with Gasteiger partial charge >= 0.3 is 0 Å². The van der Waals surface area contributed by atoms with Crippen molar-refractivity contribution in [3.05, 3.63) is 58.4 Å². The molecule has 1 N–H and O–H groups in total. The van der Waals surface area contributed by atoms with E-state index in [9.17, 15) is 4.39 Å².